The summed E-state index contributed by atoms with van der Waals surface area (Å²) in [6.45, 7) is 1.85. The molecule has 0 radical (unpaired) electrons. The molecule has 0 saturated carbocycles. The number of nitrogen functional groups attached to an aromatic ring is 1. The van der Waals surface area contributed by atoms with Gasteiger partial charge in [0.05, 0.1) is 4.47 Å². The van der Waals surface area contributed by atoms with E-state index < -0.39 is 0 Å². The van der Waals surface area contributed by atoms with Gasteiger partial charge in [-0.1, -0.05) is 0 Å². The molecule has 0 bridgehead atoms. The van der Waals surface area contributed by atoms with Crippen LogP contribution in [0.3, 0.4) is 0 Å². The summed E-state index contributed by atoms with van der Waals surface area (Å²) >= 11 is 6.10. The van der Waals surface area contributed by atoms with Gasteiger partial charge in [-0.25, -0.2) is 15.0 Å². The van der Waals surface area contributed by atoms with Crippen molar-refractivity contribution in [1.29, 1.82) is 0 Å². The number of anilines is 1. The van der Waals surface area contributed by atoms with Crippen LogP contribution >= 0.6 is 39.2 Å². The van der Waals surface area contributed by atoms with Crippen LogP contribution in [0, 0.1) is 6.92 Å². The number of aromatic nitrogens is 4. The minimum atomic E-state index is 0.252. The van der Waals surface area contributed by atoms with Crippen LogP contribution in [0.15, 0.2) is 20.0 Å². The summed E-state index contributed by atoms with van der Waals surface area (Å²) in [5.41, 5.74) is 5.50. The maximum absolute atomic E-state index is 5.50. The van der Waals surface area contributed by atoms with Crippen LogP contribution in [-0.2, 0) is 0 Å². The van der Waals surface area contributed by atoms with Crippen LogP contribution in [-0.4, -0.2) is 19.3 Å². The fraction of sp³-hybridized carbons (Fsp3) is 0.143. The summed E-state index contributed by atoms with van der Waals surface area (Å²) in [6, 6.07) is 0. The van der Waals surface area contributed by atoms with Crippen molar-refractivity contribution in [1.82, 2.24) is 19.3 Å². The van der Waals surface area contributed by atoms with Gasteiger partial charge in [-0.15, -0.1) is 0 Å². The molecule has 0 aliphatic rings. The fourth-order valence-electron chi connectivity index (χ4n) is 0.838. The van der Waals surface area contributed by atoms with Crippen molar-refractivity contribution in [3.8, 4) is 0 Å². The highest BCUT2D eigenvalue weighted by molar-refractivity contribution is 9.10. The standard InChI is InChI=1S/C7H6BrN5S2/c1-3-11-7(15-13-3)14-5-4(8)2-10-6(9)12-5/h2H,1H3,(H2,9,10,12). The zero-order valence-corrected chi connectivity index (χ0v) is 10.9. The molecule has 0 aliphatic heterocycles. The molecule has 2 N–H and O–H groups in total. The number of nitrogens with zero attached hydrogens (tertiary/aromatic N) is 4. The fourth-order valence-corrected chi connectivity index (χ4v) is 2.83. The summed E-state index contributed by atoms with van der Waals surface area (Å²) in [5.74, 6) is 1.02. The molecule has 2 aromatic rings. The van der Waals surface area contributed by atoms with Gasteiger partial charge in [-0.3, -0.25) is 0 Å². The first-order valence-electron chi connectivity index (χ1n) is 3.91. The van der Waals surface area contributed by atoms with E-state index in [0.717, 1.165) is 19.7 Å². The van der Waals surface area contributed by atoms with Crippen molar-refractivity contribution in [2.24, 2.45) is 0 Å². The lowest BCUT2D eigenvalue weighted by Gasteiger charge is -1.99. The van der Waals surface area contributed by atoms with E-state index in [1.165, 1.54) is 23.3 Å². The Bertz CT molecular complexity index is 486. The van der Waals surface area contributed by atoms with Crippen LogP contribution in [0.2, 0.25) is 0 Å². The van der Waals surface area contributed by atoms with E-state index >= 15 is 0 Å². The van der Waals surface area contributed by atoms with Gasteiger partial charge in [0.25, 0.3) is 0 Å². The predicted molar refractivity (Wildman–Crippen MR) is 62.9 cm³/mol. The molecule has 0 aromatic carbocycles. The van der Waals surface area contributed by atoms with Gasteiger partial charge in [0.2, 0.25) is 5.95 Å². The largest absolute Gasteiger partial charge is 0.368 e. The molecular formula is C7H6BrN5S2. The molecule has 0 amide bonds. The molecule has 0 unspecified atom stereocenters. The number of nitrogens with two attached hydrogens (primary N) is 1. The Kier molecular flexibility index (Phi) is 3.17. The lowest BCUT2D eigenvalue weighted by Crippen LogP contribution is -1.95. The van der Waals surface area contributed by atoms with Gasteiger partial charge in [-0.2, -0.15) is 4.37 Å². The molecule has 5 nitrogen and oxygen atoms in total. The third-order valence-electron chi connectivity index (χ3n) is 1.42. The molecule has 0 atom stereocenters. The summed E-state index contributed by atoms with van der Waals surface area (Å²) in [5, 5.41) is 0.749. The van der Waals surface area contributed by atoms with Crippen molar-refractivity contribution in [2.45, 2.75) is 16.3 Å². The summed E-state index contributed by atoms with van der Waals surface area (Å²) < 4.78 is 5.72. The van der Waals surface area contributed by atoms with Crippen molar-refractivity contribution < 1.29 is 0 Å². The van der Waals surface area contributed by atoms with E-state index in [-0.39, 0.29) is 5.95 Å². The second-order valence-electron chi connectivity index (χ2n) is 2.59. The lowest BCUT2D eigenvalue weighted by molar-refractivity contribution is 1.03. The molecule has 15 heavy (non-hydrogen) atoms. The lowest BCUT2D eigenvalue weighted by atomic mass is 10.7. The second kappa shape index (κ2) is 4.42. The molecular weight excluding hydrogens is 298 g/mol. The van der Waals surface area contributed by atoms with E-state index in [2.05, 4.69) is 35.3 Å². The van der Waals surface area contributed by atoms with E-state index in [1.54, 1.807) is 6.20 Å². The van der Waals surface area contributed by atoms with E-state index in [0.29, 0.717) is 0 Å². The molecule has 2 heterocycles. The molecule has 0 spiro atoms. The molecule has 0 aliphatic carbocycles. The maximum atomic E-state index is 5.50. The third-order valence-corrected chi connectivity index (χ3v) is 4.11. The summed E-state index contributed by atoms with van der Waals surface area (Å²) in [4.78, 5) is 12.2. The zero-order chi connectivity index (χ0) is 10.8. The minimum Gasteiger partial charge on any atom is -0.368 e. The number of hydrogen-bond acceptors (Lipinski definition) is 7. The second-order valence-corrected chi connectivity index (χ2v) is 5.43. The average molecular weight is 304 g/mol. The number of rotatable bonds is 2. The highest BCUT2D eigenvalue weighted by Crippen LogP contribution is 2.32. The smallest absolute Gasteiger partial charge is 0.221 e. The van der Waals surface area contributed by atoms with Crippen molar-refractivity contribution >= 4 is 45.2 Å². The van der Waals surface area contributed by atoms with E-state index in [4.69, 9.17) is 5.73 Å². The molecule has 0 fully saturated rings. The number of hydrogen-bond donors (Lipinski definition) is 1. The van der Waals surface area contributed by atoms with Crippen molar-refractivity contribution in [3.63, 3.8) is 0 Å². The van der Waals surface area contributed by atoms with Crippen molar-refractivity contribution in [2.75, 3.05) is 5.73 Å². The Balaban J connectivity index is 2.27. The number of halogens is 1. The van der Waals surface area contributed by atoms with Gasteiger partial charge in [0.15, 0.2) is 4.34 Å². The quantitative estimate of drug-likeness (QED) is 0.856. The van der Waals surface area contributed by atoms with Crippen LogP contribution in [0.4, 0.5) is 5.95 Å². The first kappa shape index (κ1) is 10.8. The van der Waals surface area contributed by atoms with Crippen molar-refractivity contribution in [3.05, 3.63) is 16.5 Å². The Morgan fingerprint density at radius 2 is 2.27 bits per heavy atom. The Hall–Kier alpha value is -0.730. The van der Waals surface area contributed by atoms with Crippen LogP contribution in [0.5, 0.6) is 0 Å². The topological polar surface area (TPSA) is 77.6 Å². The SMILES string of the molecule is Cc1nsc(Sc2nc(N)ncc2Br)n1. The zero-order valence-electron chi connectivity index (χ0n) is 7.64. The third kappa shape index (κ3) is 2.64. The van der Waals surface area contributed by atoms with Crippen LogP contribution < -0.4 is 5.73 Å². The highest BCUT2D eigenvalue weighted by atomic mass is 79.9. The molecule has 8 heteroatoms. The van der Waals surface area contributed by atoms with Gasteiger partial charge in [0.1, 0.15) is 10.9 Å². The van der Waals surface area contributed by atoms with E-state index in [1.807, 2.05) is 6.92 Å². The summed E-state index contributed by atoms with van der Waals surface area (Å²) in [7, 11) is 0. The molecule has 2 aromatic heterocycles. The monoisotopic (exact) mass is 303 g/mol. The van der Waals surface area contributed by atoms with Crippen LogP contribution in [0.1, 0.15) is 5.82 Å². The highest BCUT2D eigenvalue weighted by Gasteiger charge is 2.08. The first-order valence-corrected chi connectivity index (χ1v) is 6.29. The number of aryl methyl sites for hydroxylation is 1. The van der Waals surface area contributed by atoms with Gasteiger partial charge >= 0.3 is 0 Å². The van der Waals surface area contributed by atoms with Gasteiger partial charge in [0, 0.05) is 6.20 Å². The van der Waals surface area contributed by atoms with Crippen LogP contribution in [0.25, 0.3) is 0 Å². The Morgan fingerprint density at radius 1 is 1.47 bits per heavy atom. The van der Waals surface area contributed by atoms with Gasteiger partial charge < -0.3 is 5.73 Å². The Labute approximate surface area is 103 Å². The van der Waals surface area contributed by atoms with E-state index in [9.17, 15) is 0 Å². The predicted octanol–water partition coefficient (Wildman–Crippen LogP) is 2.13. The molecule has 2 rings (SSSR count). The maximum Gasteiger partial charge on any atom is 0.221 e. The first-order chi connectivity index (χ1) is 7.15. The minimum absolute atomic E-state index is 0.252. The van der Waals surface area contributed by atoms with Gasteiger partial charge in [-0.05, 0) is 46.1 Å². The average Bonchev–Trinajstić information content (AvgIpc) is 2.58. The Morgan fingerprint density at radius 3 is 2.93 bits per heavy atom. The normalized spacial score (nSPS) is 10.5. The molecule has 0 saturated heterocycles. The molecule has 78 valence electrons. The summed E-state index contributed by atoms with van der Waals surface area (Å²) in [6.07, 6.45) is 1.62.